The molecule has 0 saturated heterocycles. The predicted octanol–water partition coefficient (Wildman–Crippen LogP) is 3.96. The van der Waals surface area contributed by atoms with Gasteiger partial charge in [-0.1, -0.05) is 41.9 Å². The van der Waals surface area contributed by atoms with Crippen LogP contribution in [-0.4, -0.2) is 13.6 Å². The highest BCUT2D eigenvalue weighted by Gasteiger charge is 2.15. The van der Waals surface area contributed by atoms with Gasteiger partial charge in [0.15, 0.2) is 0 Å². The molecular weight excluding hydrogens is 277 g/mol. The smallest absolute Gasteiger partial charge is 0.129 e. The van der Waals surface area contributed by atoms with E-state index in [1.54, 1.807) is 12.1 Å². The highest BCUT2D eigenvalue weighted by Crippen LogP contribution is 2.22. The topological polar surface area (TPSA) is 21.3 Å². The van der Waals surface area contributed by atoms with E-state index in [-0.39, 0.29) is 11.9 Å². The molecule has 2 nitrogen and oxygen atoms in total. The van der Waals surface area contributed by atoms with E-state index in [4.69, 9.17) is 16.3 Å². The second-order valence-electron chi connectivity index (χ2n) is 4.51. The molecule has 0 amide bonds. The van der Waals surface area contributed by atoms with Crippen LogP contribution in [-0.2, 0) is 11.3 Å². The zero-order valence-corrected chi connectivity index (χ0v) is 12.0. The molecule has 0 bridgehead atoms. The molecule has 0 aliphatic heterocycles. The summed E-state index contributed by atoms with van der Waals surface area (Å²) in [4.78, 5) is 0. The molecule has 2 aromatic rings. The minimum atomic E-state index is -0.333. The molecule has 0 aliphatic rings. The Balaban J connectivity index is 2.08. The molecule has 20 heavy (non-hydrogen) atoms. The van der Waals surface area contributed by atoms with Gasteiger partial charge in [0, 0.05) is 17.1 Å². The first-order valence-corrected chi connectivity index (χ1v) is 6.83. The summed E-state index contributed by atoms with van der Waals surface area (Å²) in [5.74, 6) is -0.251. The first kappa shape index (κ1) is 15.0. The van der Waals surface area contributed by atoms with Gasteiger partial charge in [-0.05, 0) is 30.8 Å². The third kappa shape index (κ3) is 4.04. The molecule has 1 atom stereocenters. The summed E-state index contributed by atoms with van der Waals surface area (Å²) in [6, 6.07) is 14.1. The van der Waals surface area contributed by atoms with Crippen LogP contribution in [0.2, 0.25) is 5.02 Å². The van der Waals surface area contributed by atoms with Crippen LogP contribution in [0.5, 0.6) is 0 Å². The summed E-state index contributed by atoms with van der Waals surface area (Å²) in [5, 5.41) is 3.69. The van der Waals surface area contributed by atoms with Gasteiger partial charge in [-0.3, -0.25) is 0 Å². The number of halogens is 2. The van der Waals surface area contributed by atoms with Crippen molar-refractivity contribution in [1.29, 1.82) is 0 Å². The van der Waals surface area contributed by atoms with Crippen molar-refractivity contribution in [2.45, 2.75) is 12.7 Å². The summed E-state index contributed by atoms with van der Waals surface area (Å²) in [6.45, 7) is 0.933. The lowest BCUT2D eigenvalue weighted by molar-refractivity contribution is 0.0388. The Labute approximate surface area is 123 Å². The number of benzene rings is 2. The minimum absolute atomic E-state index is 0.251. The zero-order valence-electron chi connectivity index (χ0n) is 11.3. The van der Waals surface area contributed by atoms with Crippen molar-refractivity contribution in [3.05, 3.63) is 70.5 Å². The monoisotopic (exact) mass is 293 g/mol. The second-order valence-corrected chi connectivity index (χ2v) is 4.95. The molecule has 2 rings (SSSR count). The van der Waals surface area contributed by atoms with E-state index in [1.807, 2.05) is 37.4 Å². The Morgan fingerprint density at radius 3 is 2.70 bits per heavy atom. The molecule has 106 valence electrons. The maximum atomic E-state index is 13.8. The van der Waals surface area contributed by atoms with Crippen molar-refractivity contribution in [3.8, 4) is 0 Å². The molecule has 0 radical (unpaired) electrons. The largest absolute Gasteiger partial charge is 0.367 e. The molecule has 1 N–H and O–H groups in total. The number of hydrogen-bond acceptors (Lipinski definition) is 2. The fraction of sp³-hybridized carbons (Fsp3) is 0.250. The predicted molar refractivity (Wildman–Crippen MR) is 79.3 cm³/mol. The fourth-order valence-electron chi connectivity index (χ4n) is 2.00. The Morgan fingerprint density at radius 1 is 1.20 bits per heavy atom. The van der Waals surface area contributed by atoms with Gasteiger partial charge in [-0.15, -0.1) is 0 Å². The summed E-state index contributed by atoms with van der Waals surface area (Å²) in [7, 11) is 1.82. The fourth-order valence-corrected chi connectivity index (χ4v) is 2.22. The van der Waals surface area contributed by atoms with E-state index in [0.717, 1.165) is 5.56 Å². The first-order chi connectivity index (χ1) is 9.70. The lowest BCUT2D eigenvalue weighted by atomic mass is 10.1. The minimum Gasteiger partial charge on any atom is -0.367 e. The number of hydrogen-bond donors (Lipinski definition) is 1. The van der Waals surface area contributed by atoms with E-state index < -0.39 is 0 Å². The van der Waals surface area contributed by atoms with Crippen LogP contribution < -0.4 is 5.32 Å². The molecule has 0 fully saturated rings. The van der Waals surface area contributed by atoms with E-state index in [9.17, 15) is 4.39 Å². The Hall–Kier alpha value is -1.42. The van der Waals surface area contributed by atoms with Crippen molar-refractivity contribution in [2.24, 2.45) is 0 Å². The van der Waals surface area contributed by atoms with Gasteiger partial charge in [0.05, 0.1) is 12.7 Å². The quantitative estimate of drug-likeness (QED) is 0.870. The van der Waals surface area contributed by atoms with E-state index >= 15 is 0 Å². The number of likely N-dealkylation sites (N-methyl/N-ethyl adjacent to an activating group) is 1. The average Bonchev–Trinajstić information content (AvgIpc) is 2.44. The van der Waals surface area contributed by atoms with E-state index in [1.165, 1.54) is 6.07 Å². The molecule has 0 heterocycles. The summed E-state index contributed by atoms with van der Waals surface area (Å²) in [5.41, 5.74) is 1.53. The molecule has 4 heteroatoms. The Bertz CT molecular complexity index is 562. The van der Waals surface area contributed by atoms with Crippen LogP contribution in [0.25, 0.3) is 0 Å². The molecule has 0 aliphatic carbocycles. The Morgan fingerprint density at radius 2 is 2.00 bits per heavy atom. The van der Waals surface area contributed by atoms with Gasteiger partial charge in [0.1, 0.15) is 5.82 Å². The first-order valence-electron chi connectivity index (χ1n) is 6.46. The molecule has 1 unspecified atom stereocenters. The second kappa shape index (κ2) is 7.39. The third-order valence-electron chi connectivity index (χ3n) is 2.98. The molecular formula is C16H17ClFNO. The normalized spacial score (nSPS) is 12.3. The van der Waals surface area contributed by atoms with Crippen molar-refractivity contribution in [2.75, 3.05) is 13.6 Å². The lowest BCUT2D eigenvalue weighted by Crippen LogP contribution is -2.20. The van der Waals surface area contributed by atoms with Gasteiger partial charge in [0.2, 0.25) is 0 Å². The van der Waals surface area contributed by atoms with Crippen LogP contribution in [0.3, 0.4) is 0 Å². The third-order valence-corrected chi connectivity index (χ3v) is 3.22. The van der Waals surface area contributed by atoms with Gasteiger partial charge >= 0.3 is 0 Å². The van der Waals surface area contributed by atoms with Crippen LogP contribution in [0, 0.1) is 5.82 Å². The standard InChI is InChI=1S/C16H17ClFNO/c1-19-10-16(14-7-2-3-8-15(14)18)20-11-12-5-4-6-13(17)9-12/h2-9,16,19H,10-11H2,1H3. The molecule has 0 saturated carbocycles. The van der Waals surface area contributed by atoms with Crippen LogP contribution in [0.4, 0.5) is 4.39 Å². The number of ether oxygens (including phenoxy) is 1. The summed E-state index contributed by atoms with van der Waals surface area (Å²) < 4.78 is 19.7. The van der Waals surface area contributed by atoms with E-state index in [0.29, 0.717) is 23.7 Å². The van der Waals surface area contributed by atoms with E-state index in [2.05, 4.69) is 5.32 Å². The van der Waals surface area contributed by atoms with Crippen molar-refractivity contribution >= 4 is 11.6 Å². The highest BCUT2D eigenvalue weighted by atomic mass is 35.5. The maximum absolute atomic E-state index is 13.8. The number of nitrogens with one attached hydrogen (secondary N) is 1. The van der Waals surface area contributed by atoms with Crippen LogP contribution in [0.1, 0.15) is 17.2 Å². The van der Waals surface area contributed by atoms with Gasteiger partial charge in [0.25, 0.3) is 0 Å². The highest BCUT2D eigenvalue weighted by molar-refractivity contribution is 6.30. The number of rotatable bonds is 6. The molecule has 2 aromatic carbocycles. The van der Waals surface area contributed by atoms with Crippen molar-refractivity contribution in [3.63, 3.8) is 0 Å². The SMILES string of the molecule is CNCC(OCc1cccc(Cl)c1)c1ccccc1F. The van der Waals surface area contributed by atoms with Crippen LogP contribution >= 0.6 is 11.6 Å². The van der Waals surface area contributed by atoms with Crippen LogP contribution in [0.15, 0.2) is 48.5 Å². The van der Waals surface area contributed by atoms with Crippen molar-refractivity contribution < 1.29 is 9.13 Å². The Kier molecular flexibility index (Phi) is 5.53. The van der Waals surface area contributed by atoms with Gasteiger partial charge in [-0.2, -0.15) is 0 Å². The van der Waals surface area contributed by atoms with Gasteiger partial charge in [-0.25, -0.2) is 4.39 Å². The van der Waals surface area contributed by atoms with Gasteiger partial charge < -0.3 is 10.1 Å². The molecule has 0 aromatic heterocycles. The maximum Gasteiger partial charge on any atom is 0.129 e. The average molecular weight is 294 g/mol. The zero-order chi connectivity index (χ0) is 14.4. The van der Waals surface area contributed by atoms with Crippen molar-refractivity contribution in [1.82, 2.24) is 5.32 Å². The molecule has 0 spiro atoms. The lowest BCUT2D eigenvalue weighted by Gasteiger charge is -2.18. The summed E-state index contributed by atoms with van der Waals surface area (Å²) >= 11 is 5.94. The summed E-state index contributed by atoms with van der Waals surface area (Å²) in [6.07, 6.45) is -0.333.